The third kappa shape index (κ3) is 5.74. The van der Waals surface area contributed by atoms with Crippen LogP contribution in [0, 0.1) is 13.8 Å². The van der Waals surface area contributed by atoms with Gasteiger partial charge in [-0.1, -0.05) is 49.6 Å². The SMILES string of the molecule is COC(=O)c1c(C)nc(C)c(C(=O)OCCN(C)Cc2ccccc2)c1C1CCCCC1. The maximum Gasteiger partial charge on any atom is 0.340 e. The summed E-state index contributed by atoms with van der Waals surface area (Å²) in [6, 6.07) is 10.2. The lowest BCUT2D eigenvalue weighted by atomic mass is 9.79. The van der Waals surface area contributed by atoms with Crippen molar-refractivity contribution >= 4 is 11.9 Å². The molecule has 1 aliphatic rings. The van der Waals surface area contributed by atoms with E-state index in [-0.39, 0.29) is 12.5 Å². The zero-order chi connectivity index (χ0) is 23.1. The lowest BCUT2D eigenvalue weighted by Crippen LogP contribution is -2.26. The minimum Gasteiger partial charge on any atom is -0.465 e. The second-order valence-electron chi connectivity index (χ2n) is 8.63. The van der Waals surface area contributed by atoms with Crippen molar-refractivity contribution in [3.8, 4) is 0 Å². The molecule has 0 bridgehead atoms. The van der Waals surface area contributed by atoms with Crippen LogP contribution in [0.15, 0.2) is 30.3 Å². The van der Waals surface area contributed by atoms with Gasteiger partial charge in [0.1, 0.15) is 6.61 Å². The Morgan fingerprint density at radius 1 is 1.00 bits per heavy atom. The highest BCUT2D eigenvalue weighted by Crippen LogP contribution is 2.38. The van der Waals surface area contributed by atoms with Crippen LogP contribution >= 0.6 is 0 Å². The van der Waals surface area contributed by atoms with Gasteiger partial charge in [-0.15, -0.1) is 0 Å². The van der Waals surface area contributed by atoms with Crippen LogP contribution in [0.4, 0.5) is 0 Å². The molecule has 1 aliphatic carbocycles. The topological polar surface area (TPSA) is 68.7 Å². The molecule has 2 aromatic rings. The second-order valence-corrected chi connectivity index (χ2v) is 8.63. The van der Waals surface area contributed by atoms with Crippen LogP contribution in [-0.4, -0.2) is 49.1 Å². The predicted octanol–water partition coefficient (Wildman–Crippen LogP) is 4.82. The first-order chi connectivity index (χ1) is 15.4. The highest BCUT2D eigenvalue weighted by atomic mass is 16.5. The minimum absolute atomic E-state index is 0.140. The zero-order valence-corrected chi connectivity index (χ0v) is 19.6. The van der Waals surface area contributed by atoms with E-state index in [1.54, 1.807) is 6.92 Å². The van der Waals surface area contributed by atoms with Crippen molar-refractivity contribution in [2.24, 2.45) is 0 Å². The van der Waals surface area contributed by atoms with Crippen LogP contribution in [0.25, 0.3) is 0 Å². The summed E-state index contributed by atoms with van der Waals surface area (Å²) < 4.78 is 10.7. The summed E-state index contributed by atoms with van der Waals surface area (Å²) in [5.74, 6) is -0.706. The molecule has 1 saturated carbocycles. The largest absolute Gasteiger partial charge is 0.465 e. The Labute approximate surface area is 190 Å². The minimum atomic E-state index is -0.438. The van der Waals surface area contributed by atoms with Gasteiger partial charge < -0.3 is 9.47 Å². The molecular formula is C26H34N2O4. The number of methoxy groups -OCH3 is 1. The van der Waals surface area contributed by atoms with E-state index >= 15 is 0 Å². The molecule has 1 fully saturated rings. The second kappa shape index (κ2) is 11.2. The van der Waals surface area contributed by atoms with Gasteiger partial charge in [0.15, 0.2) is 0 Å². The Morgan fingerprint density at radius 3 is 2.25 bits per heavy atom. The lowest BCUT2D eigenvalue weighted by Gasteiger charge is -2.27. The first-order valence-electron chi connectivity index (χ1n) is 11.4. The van der Waals surface area contributed by atoms with Crippen LogP contribution in [-0.2, 0) is 16.0 Å². The van der Waals surface area contributed by atoms with Crippen LogP contribution in [0.3, 0.4) is 0 Å². The number of hydrogen-bond acceptors (Lipinski definition) is 6. The fourth-order valence-electron chi connectivity index (χ4n) is 4.64. The number of aromatic nitrogens is 1. The highest BCUT2D eigenvalue weighted by Gasteiger charge is 2.31. The Kier molecular flexibility index (Phi) is 8.39. The molecule has 1 heterocycles. The highest BCUT2D eigenvalue weighted by molar-refractivity contribution is 5.99. The van der Waals surface area contributed by atoms with Gasteiger partial charge in [-0.25, -0.2) is 9.59 Å². The Bertz CT molecular complexity index is 937. The van der Waals surface area contributed by atoms with E-state index in [1.807, 2.05) is 32.2 Å². The number of esters is 2. The molecule has 0 amide bonds. The van der Waals surface area contributed by atoms with Crippen LogP contribution in [0.2, 0.25) is 0 Å². The lowest BCUT2D eigenvalue weighted by molar-refractivity contribution is 0.0466. The molecule has 6 heteroatoms. The number of carbonyl (C=O) groups is 2. The number of pyridine rings is 1. The summed E-state index contributed by atoms with van der Waals surface area (Å²) in [7, 11) is 3.37. The van der Waals surface area contributed by atoms with Crippen molar-refractivity contribution < 1.29 is 19.1 Å². The fourth-order valence-corrected chi connectivity index (χ4v) is 4.64. The summed E-state index contributed by atoms with van der Waals surface area (Å²) in [4.78, 5) is 32.5. The van der Waals surface area contributed by atoms with Crippen LogP contribution < -0.4 is 0 Å². The average Bonchev–Trinajstić information content (AvgIpc) is 2.79. The summed E-state index contributed by atoms with van der Waals surface area (Å²) in [6.45, 7) is 5.29. The molecule has 0 spiro atoms. The molecule has 0 aliphatic heterocycles. The van der Waals surface area contributed by atoms with Gasteiger partial charge in [0.25, 0.3) is 0 Å². The molecular weight excluding hydrogens is 404 g/mol. The number of ether oxygens (including phenoxy) is 2. The van der Waals surface area contributed by atoms with E-state index in [4.69, 9.17) is 9.47 Å². The summed E-state index contributed by atoms with van der Waals surface area (Å²) >= 11 is 0. The van der Waals surface area contributed by atoms with Crippen LogP contribution in [0.1, 0.15) is 81.3 Å². The molecule has 0 radical (unpaired) electrons. The molecule has 0 saturated heterocycles. The standard InChI is InChI=1S/C26H34N2O4/c1-18-22(25(29)31-4)24(21-13-9-6-10-14-21)23(19(2)27-18)26(30)32-16-15-28(3)17-20-11-7-5-8-12-20/h5,7-8,11-12,21H,6,9-10,13-17H2,1-4H3. The fraction of sp³-hybridized carbons (Fsp3) is 0.500. The van der Waals surface area contributed by atoms with E-state index in [2.05, 4.69) is 22.0 Å². The maximum absolute atomic E-state index is 13.2. The number of benzene rings is 1. The van der Waals surface area contributed by atoms with E-state index < -0.39 is 11.9 Å². The van der Waals surface area contributed by atoms with Crippen molar-refractivity contribution in [1.82, 2.24) is 9.88 Å². The smallest absolute Gasteiger partial charge is 0.340 e. The third-order valence-corrected chi connectivity index (χ3v) is 6.21. The van der Waals surface area contributed by atoms with Crippen molar-refractivity contribution in [3.63, 3.8) is 0 Å². The number of likely N-dealkylation sites (N-methyl/N-ethyl adjacent to an activating group) is 1. The quantitative estimate of drug-likeness (QED) is 0.551. The van der Waals surface area contributed by atoms with Crippen molar-refractivity contribution in [2.75, 3.05) is 27.3 Å². The van der Waals surface area contributed by atoms with Crippen molar-refractivity contribution in [3.05, 3.63) is 64.0 Å². The van der Waals surface area contributed by atoms with Gasteiger partial charge in [0.05, 0.1) is 29.6 Å². The average molecular weight is 439 g/mol. The van der Waals surface area contributed by atoms with Gasteiger partial charge in [0.2, 0.25) is 0 Å². The Balaban J connectivity index is 1.79. The summed E-state index contributed by atoms with van der Waals surface area (Å²) in [5.41, 5.74) is 4.06. The van der Waals surface area contributed by atoms with Gasteiger partial charge in [-0.2, -0.15) is 0 Å². The van der Waals surface area contributed by atoms with E-state index in [1.165, 1.54) is 19.1 Å². The Hall–Kier alpha value is -2.73. The molecule has 6 nitrogen and oxygen atoms in total. The van der Waals surface area contributed by atoms with Crippen molar-refractivity contribution in [2.45, 2.75) is 58.4 Å². The zero-order valence-electron chi connectivity index (χ0n) is 19.6. The van der Waals surface area contributed by atoms with Gasteiger partial charge >= 0.3 is 11.9 Å². The van der Waals surface area contributed by atoms with Gasteiger partial charge in [-0.05, 0) is 50.8 Å². The van der Waals surface area contributed by atoms with Gasteiger partial charge in [0, 0.05) is 13.1 Å². The predicted molar refractivity (Wildman–Crippen MR) is 124 cm³/mol. The maximum atomic E-state index is 13.2. The van der Waals surface area contributed by atoms with E-state index in [0.717, 1.165) is 37.8 Å². The molecule has 3 rings (SSSR count). The molecule has 1 aromatic heterocycles. The van der Waals surface area contributed by atoms with Crippen LogP contribution in [0.5, 0.6) is 0 Å². The normalized spacial score (nSPS) is 14.4. The molecule has 172 valence electrons. The number of nitrogens with zero attached hydrogens (tertiary/aromatic N) is 2. The first-order valence-corrected chi connectivity index (χ1v) is 11.4. The first kappa shape index (κ1) is 23.9. The molecule has 32 heavy (non-hydrogen) atoms. The summed E-state index contributed by atoms with van der Waals surface area (Å²) in [6.07, 6.45) is 5.26. The molecule has 0 atom stereocenters. The van der Waals surface area contributed by atoms with Gasteiger partial charge in [-0.3, -0.25) is 9.88 Å². The number of rotatable bonds is 8. The van der Waals surface area contributed by atoms with Crippen molar-refractivity contribution in [1.29, 1.82) is 0 Å². The molecule has 1 aromatic carbocycles. The molecule has 0 unspecified atom stereocenters. The Morgan fingerprint density at radius 2 is 1.62 bits per heavy atom. The van der Waals surface area contributed by atoms with E-state index in [9.17, 15) is 9.59 Å². The van der Waals surface area contributed by atoms with E-state index in [0.29, 0.717) is 29.1 Å². The summed E-state index contributed by atoms with van der Waals surface area (Å²) in [5, 5.41) is 0. The number of aryl methyl sites for hydroxylation is 2. The number of hydrogen-bond donors (Lipinski definition) is 0. The molecule has 0 N–H and O–H groups in total. The number of carbonyl (C=O) groups excluding carboxylic acids is 2. The third-order valence-electron chi connectivity index (χ3n) is 6.21. The monoisotopic (exact) mass is 438 g/mol.